The van der Waals surface area contributed by atoms with Crippen LogP contribution < -0.4 is 0 Å². The molecule has 0 saturated heterocycles. The van der Waals surface area contributed by atoms with Gasteiger partial charge in [-0.05, 0) is 25.5 Å². The molecule has 118 valence electrons. The Balaban J connectivity index is 1.67. The molecule has 3 rings (SSSR count). The quantitative estimate of drug-likeness (QED) is 0.923. The number of aliphatic hydroxyl groups excluding tert-OH is 1. The van der Waals surface area contributed by atoms with Crippen LogP contribution in [0.15, 0.2) is 42.7 Å². The molecule has 0 aliphatic heterocycles. The van der Waals surface area contributed by atoms with Crippen molar-refractivity contribution in [1.29, 1.82) is 0 Å². The lowest BCUT2D eigenvalue weighted by Crippen LogP contribution is -2.43. The summed E-state index contributed by atoms with van der Waals surface area (Å²) in [4.78, 5) is 6.77. The topological polar surface area (TPSA) is 41.3 Å². The van der Waals surface area contributed by atoms with Gasteiger partial charge in [0.25, 0.3) is 0 Å². The molecule has 1 saturated carbocycles. The second kappa shape index (κ2) is 7.07. The summed E-state index contributed by atoms with van der Waals surface area (Å²) in [5, 5.41) is 10.2. The van der Waals surface area contributed by atoms with Crippen LogP contribution in [0, 0.1) is 0 Å². The molecule has 4 nitrogen and oxygen atoms in total. The Morgan fingerprint density at radius 2 is 2.00 bits per heavy atom. The molecule has 1 heterocycles. The number of imidazole rings is 1. The first-order chi connectivity index (χ1) is 10.7. The molecule has 0 radical (unpaired) electrons. The smallest absolute Gasteiger partial charge is 0.123 e. The lowest BCUT2D eigenvalue weighted by Gasteiger charge is -2.35. The van der Waals surface area contributed by atoms with Crippen molar-refractivity contribution in [2.45, 2.75) is 50.9 Å². The highest BCUT2D eigenvalue weighted by molar-refractivity contribution is 5.15. The third kappa shape index (κ3) is 3.57. The van der Waals surface area contributed by atoms with Crippen molar-refractivity contribution >= 4 is 0 Å². The first-order valence-corrected chi connectivity index (χ1v) is 8.16. The van der Waals surface area contributed by atoms with Crippen LogP contribution in [0.25, 0.3) is 0 Å². The first kappa shape index (κ1) is 15.3. The van der Waals surface area contributed by atoms with Gasteiger partial charge in [-0.15, -0.1) is 0 Å². The molecule has 0 bridgehead atoms. The van der Waals surface area contributed by atoms with Gasteiger partial charge in [-0.2, -0.15) is 0 Å². The number of rotatable bonds is 5. The predicted molar refractivity (Wildman–Crippen MR) is 87.5 cm³/mol. The Hall–Kier alpha value is -1.65. The standard InChI is InChI=1S/C18H25N3O/c1-20(16-9-5-6-10-17(16)22)14-18-19-11-12-21(18)13-15-7-3-2-4-8-15/h2-4,7-8,11-12,16-17,22H,5-6,9-10,13-14H2,1H3/t16-,17+/m0/s1. The summed E-state index contributed by atoms with van der Waals surface area (Å²) in [5.74, 6) is 1.06. The van der Waals surface area contributed by atoms with Crippen LogP contribution in [-0.2, 0) is 13.1 Å². The summed E-state index contributed by atoms with van der Waals surface area (Å²) in [6.45, 7) is 1.62. The molecule has 1 aromatic carbocycles. The van der Waals surface area contributed by atoms with Crippen molar-refractivity contribution in [2.24, 2.45) is 0 Å². The van der Waals surface area contributed by atoms with Gasteiger partial charge in [0.2, 0.25) is 0 Å². The number of likely N-dealkylation sites (N-methyl/N-ethyl adjacent to an activating group) is 1. The number of aromatic nitrogens is 2. The minimum Gasteiger partial charge on any atom is -0.391 e. The van der Waals surface area contributed by atoms with Crippen molar-refractivity contribution in [1.82, 2.24) is 14.5 Å². The molecule has 2 aromatic rings. The molecule has 1 aliphatic carbocycles. The minimum atomic E-state index is -0.198. The Morgan fingerprint density at radius 1 is 1.23 bits per heavy atom. The van der Waals surface area contributed by atoms with Crippen molar-refractivity contribution in [3.8, 4) is 0 Å². The molecular formula is C18H25N3O. The van der Waals surface area contributed by atoms with Crippen LogP contribution >= 0.6 is 0 Å². The zero-order valence-electron chi connectivity index (χ0n) is 13.2. The fraction of sp³-hybridized carbons (Fsp3) is 0.500. The number of benzene rings is 1. The van der Waals surface area contributed by atoms with E-state index in [9.17, 15) is 5.11 Å². The maximum atomic E-state index is 10.2. The molecule has 22 heavy (non-hydrogen) atoms. The Morgan fingerprint density at radius 3 is 2.77 bits per heavy atom. The number of hydrogen-bond acceptors (Lipinski definition) is 3. The van der Waals surface area contributed by atoms with Gasteiger partial charge in [0.1, 0.15) is 5.82 Å². The summed E-state index contributed by atoms with van der Waals surface area (Å²) < 4.78 is 2.20. The Labute approximate surface area is 132 Å². The van der Waals surface area contributed by atoms with Gasteiger partial charge in [-0.1, -0.05) is 43.2 Å². The second-order valence-corrected chi connectivity index (χ2v) is 6.29. The monoisotopic (exact) mass is 299 g/mol. The third-order valence-electron chi connectivity index (χ3n) is 4.65. The molecule has 4 heteroatoms. The summed E-state index contributed by atoms with van der Waals surface area (Å²) in [6.07, 6.45) is 8.07. The van der Waals surface area contributed by atoms with Crippen LogP contribution in [0.1, 0.15) is 37.1 Å². The largest absolute Gasteiger partial charge is 0.391 e. The predicted octanol–water partition coefficient (Wildman–Crippen LogP) is 2.67. The molecular weight excluding hydrogens is 274 g/mol. The summed E-state index contributed by atoms with van der Waals surface area (Å²) >= 11 is 0. The molecule has 1 aliphatic rings. The summed E-state index contributed by atoms with van der Waals surface area (Å²) in [6, 6.07) is 10.7. The number of aliphatic hydroxyl groups is 1. The van der Waals surface area contributed by atoms with E-state index in [4.69, 9.17) is 0 Å². The van der Waals surface area contributed by atoms with E-state index < -0.39 is 0 Å². The fourth-order valence-electron chi connectivity index (χ4n) is 3.36. The van der Waals surface area contributed by atoms with E-state index in [1.165, 1.54) is 12.0 Å². The van der Waals surface area contributed by atoms with E-state index in [-0.39, 0.29) is 12.1 Å². The van der Waals surface area contributed by atoms with Crippen molar-refractivity contribution in [3.63, 3.8) is 0 Å². The SMILES string of the molecule is CN(Cc1nccn1Cc1ccccc1)[C@H]1CCCC[C@H]1O. The first-order valence-electron chi connectivity index (χ1n) is 8.16. The molecule has 1 N–H and O–H groups in total. The fourth-order valence-corrected chi connectivity index (χ4v) is 3.36. The van der Waals surface area contributed by atoms with E-state index in [1.807, 2.05) is 18.5 Å². The molecule has 1 aromatic heterocycles. The highest BCUT2D eigenvalue weighted by Gasteiger charge is 2.27. The van der Waals surface area contributed by atoms with Crippen LogP contribution in [0.3, 0.4) is 0 Å². The Kier molecular flexibility index (Phi) is 4.90. The maximum absolute atomic E-state index is 10.2. The van der Waals surface area contributed by atoms with Gasteiger partial charge in [0.15, 0.2) is 0 Å². The highest BCUT2D eigenvalue weighted by atomic mass is 16.3. The van der Waals surface area contributed by atoms with Gasteiger partial charge in [-0.25, -0.2) is 4.98 Å². The maximum Gasteiger partial charge on any atom is 0.123 e. The van der Waals surface area contributed by atoms with Crippen molar-refractivity contribution < 1.29 is 5.11 Å². The average Bonchev–Trinajstić information content (AvgIpc) is 2.95. The van der Waals surface area contributed by atoms with Crippen LogP contribution in [0.2, 0.25) is 0 Å². The third-order valence-corrected chi connectivity index (χ3v) is 4.65. The lowest BCUT2D eigenvalue weighted by atomic mass is 9.91. The van der Waals surface area contributed by atoms with Crippen molar-refractivity contribution in [3.05, 3.63) is 54.1 Å². The van der Waals surface area contributed by atoms with Gasteiger partial charge >= 0.3 is 0 Å². The van der Waals surface area contributed by atoms with E-state index in [0.29, 0.717) is 0 Å². The van der Waals surface area contributed by atoms with Gasteiger partial charge < -0.3 is 9.67 Å². The molecule has 0 unspecified atom stereocenters. The summed E-state index contributed by atoms with van der Waals surface area (Å²) in [5.41, 5.74) is 1.28. The van der Waals surface area contributed by atoms with Crippen molar-refractivity contribution in [2.75, 3.05) is 7.05 Å². The molecule has 2 atom stereocenters. The number of nitrogens with zero attached hydrogens (tertiary/aromatic N) is 3. The Bertz CT molecular complexity index is 581. The molecule has 1 fully saturated rings. The highest BCUT2D eigenvalue weighted by Crippen LogP contribution is 2.23. The normalized spacial score (nSPS) is 22.1. The van der Waals surface area contributed by atoms with Crippen LogP contribution in [-0.4, -0.2) is 38.8 Å². The zero-order chi connectivity index (χ0) is 15.4. The van der Waals surface area contributed by atoms with Crippen LogP contribution in [0.4, 0.5) is 0 Å². The molecule has 0 spiro atoms. The lowest BCUT2D eigenvalue weighted by molar-refractivity contribution is 0.0274. The summed E-state index contributed by atoms with van der Waals surface area (Å²) in [7, 11) is 2.10. The second-order valence-electron chi connectivity index (χ2n) is 6.29. The van der Waals surface area contributed by atoms with Gasteiger partial charge in [-0.3, -0.25) is 4.90 Å². The zero-order valence-corrected chi connectivity index (χ0v) is 13.2. The average molecular weight is 299 g/mol. The van der Waals surface area contributed by atoms with Gasteiger partial charge in [0.05, 0.1) is 12.6 Å². The van der Waals surface area contributed by atoms with Gasteiger partial charge in [0, 0.05) is 25.0 Å². The van der Waals surface area contributed by atoms with E-state index in [1.54, 1.807) is 0 Å². The van der Waals surface area contributed by atoms with E-state index in [0.717, 1.165) is 38.2 Å². The molecule has 0 amide bonds. The van der Waals surface area contributed by atoms with E-state index in [2.05, 4.69) is 45.8 Å². The van der Waals surface area contributed by atoms with E-state index >= 15 is 0 Å². The van der Waals surface area contributed by atoms with Crippen LogP contribution in [0.5, 0.6) is 0 Å². The minimum absolute atomic E-state index is 0.198. The number of hydrogen-bond donors (Lipinski definition) is 1.